The van der Waals surface area contributed by atoms with Crippen molar-refractivity contribution in [3.63, 3.8) is 0 Å². The second kappa shape index (κ2) is 5.02. The van der Waals surface area contributed by atoms with Gasteiger partial charge in [0.1, 0.15) is 11.5 Å². The molecule has 21 heavy (non-hydrogen) atoms. The lowest BCUT2D eigenvalue weighted by atomic mass is 10.0. The van der Waals surface area contributed by atoms with Crippen LogP contribution in [0.3, 0.4) is 0 Å². The van der Waals surface area contributed by atoms with Crippen molar-refractivity contribution in [2.75, 3.05) is 0 Å². The van der Waals surface area contributed by atoms with Gasteiger partial charge in [-0.2, -0.15) is 0 Å². The lowest BCUT2D eigenvalue weighted by molar-refractivity contribution is 0.0988. The van der Waals surface area contributed by atoms with Crippen molar-refractivity contribution in [2.45, 2.75) is 13.8 Å². The molecule has 3 heteroatoms. The van der Waals surface area contributed by atoms with Crippen LogP contribution in [0.4, 0.5) is 0 Å². The summed E-state index contributed by atoms with van der Waals surface area (Å²) in [4.78, 5) is 25.0. The second-order valence-corrected chi connectivity index (χ2v) is 4.94. The van der Waals surface area contributed by atoms with Gasteiger partial charge in [0.25, 0.3) is 0 Å². The summed E-state index contributed by atoms with van der Waals surface area (Å²) < 4.78 is 5.54. The SMILES string of the molecule is C/C=C/C1=CC(=C2C(=O)c3ccccc3C2=O)C=C(C)O1. The van der Waals surface area contributed by atoms with Gasteiger partial charge in [-0.25, -0.2) is 0 Å². The molecule has 1 aliphatic carbocycles. The van der Waals surface area contributed by atoms with E-state index in [1.165, 1.54) is 0 Å². The molecule has 3 nitrogen and oxygen atoms in total. The van der Waals surface area contributed by atoms with E-state index < -0.39 is 0 Å². The second-order valence-electron chi connectivity index (χ2n) is 4.94. The number of fused-ring (bicyclic) bond motifs is 1. The number of benzene rings is 1. The Morgan fingerprint density at radius 1 is 1.00 bits per heavy atom. The molecule has 0 unspecified atom stereocenters. The zero-order valence-corrected chi connectivity index (χ0v) is 11.8. The average molecular weight is 278 g/mol. The maximum absolute atomic E-state index is 12.5. The molecule has 3 rings (SSSR count). The minimum absolute atomic E-state index is 0.215. The maximum Gasteiger partial charge on any atom is 0.198 e. The van der Waals surface area contributed by atoms with E-state index in [-0.39, 0.29) is 17.1 Å². The predicted octanol–water partition coefficient (Wildman–Crippen LogP) is 3.76. The van der Waals surface area contributed by atoms with Gasteiger partial charge in [0.15, 0.2) is 11.6 Å². The van der Waals surface area contributed by atoms with Gasteiger partial charge in [-0.3, -0.25) is 9.59 Å². The molecule has 1 aromatic rings. The Balaban J connectivity index is 2.18. The molecular formula is C18H14O3. The fraction of sp³-hybridized carbons (Fsp3) is 0.111. The van der Waals surface area contributed by atoms with E-state index in [2.05, 4.69) is 0 Å². The van der Waals surface area contributed by atoms with Crippen molar-refractivity contribution in [1.29, 1.82) is 0 Å². The van der Waals surface area contributed by atoms with E-state index in [0.717, 1.165) is 0 Å². The van der Waals surface area contributed by atoms with Gasteiger partial charge in [0.2, 0.25) is 0 Å². The first-order chi connectivity index (χ1) is 10.1. The van der Waals surface area contributed by atoms with Crippen LogP contribution < -0.4 is 0 Å². The summed E-state index contributed by atoms with van der Waals surface area (Å²) in [5.74, 6) is 0.849. The fourth-order valence-electron chi connectivity index (χ4n) is 2.56. The Hall–Kier alpha value is -2.68. The van der Waals surface area contributed by atoms with E-state index >= 15 is 0 Å². The van der Waals surface area contributed by atoms with Crippen LogP contribution in [0.2, 0.25) is 0 Å². The summed E-state index contributed by atoms with van der Waals surface area (Å²) in [6, 6.07) is 6.92. The third-order valence-electron chi connectivity index (χ3n) is 3.43. The first kappa shape index (κ1) is 13.3. The lowest BCUT2D eigenvalue weighted by Gasteiger charge is -2.14. The molecule has 0 saturated heterocycles. The minimum atomic E-state index is -0.215. The largest absolute Gasteiger partial charge is 0.462 e. The van der Waals surface area contributed by atoms with Gasteiger partial charge in [0.05, 0.1) is 5.57 Å². The van der Waals surface area contributed by atoms with E-state index in [4.69, 9.17) is 4.74 Å². The molecule has 1 aromatic carbocycles. The minimum Gasteiger partial charge on any atom is -0.462 e. The van der Waals surface area contributed by atoms with Gasteiger partial charge < -0.3 is 4.74 Å². The molecule has 0 bridgehead atoms. The van der Waals surface area contributed by atoms with Crippen molar-refractivity contribution in [3.8, 4) is 0 Å². The highest BCUT2D eigenvalue weighted by Gasteiger charge is 2.34. The van der Waals surface area contributed by atoms with Crippen molar-refractivity contribution in [2.24, 2.45) is 0 Å². The maximum atomic E-state index is 12.5. The molecular weight excluding hydrogens is 264 g/mol. The van der Waals surface area contributed by atoms with Crippen LogP contribution in [0.1, 0.15) is 34.6 Å². The molecule has 2 aliphatic rings. The molecule has 0 N–H and O–H groups in total. The van der Waals surface area contributed by atoms with Crippen LogP contribution in [-0.4, -0.2) is 11.6 Å². The number of ether oxygens (including phenoxy) is 1. The zero-order chi connectivity index (χ0) is 15.0. The molecule has 1 heterocycles. The summed E-state index contributed by atoms with van der Waals surface area (Å²) in [5.41, 5.74) is 1.78. The van der Waals surface area contributed by atoms with Crippen LogP contribution in [0.25, 0.3) is 0 Å². The van der Waals surface area contributed by atoms with Gasteiger partial charge in [-0.1, -0.05) is 30.3 Å². The predicted molar refractivity (Wildman–Crippen MR) is 79.9 cm³/mol. The van der Waals surface area contributed by atoms with Gasteiger partial charge in [-0.15, -0.1) is 0 Å². The Morgan fingerprint density at radius 2 is 1.62 bits per heavy atom. The molecule has 1 aliphatic heterocycles. The van der Waals surface area contributed by atoms with Crippen LogP contribution in [0.5, 0.6) is 0 Å². The van der Waals surface area contributed by atoms with Crippen molar-refractivity contribution in [3.05, 3.63) is 82.4 Å². The number of hydrogen-bond acceptors (Lipinski definition) is 3. The van der Waals surface area contributed by atoms with E-state index in [9.17, 15) is 9.59 Å². The fourth-order valence-corrected chi connectivity index (χ4v) is 2.56. The Bertz CT molecular complexity index is 736. The summed E-state index contributed by atoms with van der Waals surface area (Å²) in [6.07, 6.45) is 7.10. The van der Waals surface area contributed by atoms with Crippen LogP contribution >= 0.6 is 0 Å². The average Bonchev–Trinajstić information content (AvgIpc) is 2.71. The number of carbonyl (C=O) groups is 2. The molecule has 0 fully saturated rings. The quantitative estimate of drug-likeness (QED) is 0.580. The standard InChI is InChI=1S/C18H14O3/c1-3-6-13-10-12(9-11(2)21-13)16-17(19)14-7-4-5-8-15(14)18(16)20/h3-10H,1-2H3/b6-3+. The summed E-state index contributed by atoms with van der Waals surface area (Å²) >= 11 is 0. The van der Waals surface area contributed by atoms with Gasteiger partial charge >= 0.3 is 0 Å². The molecule has 104 valence electrons. The molecule has 0 aromatic heterocycles. The van der Waals surface area contributed by atoms with Crippen molar-refractivity contribution < 1.29 is 14.3 Å². The summed E-state index contributed by atoms with van der Waals surface area (Å²) in [7, 11) is 0. The number of carbonyl (C=O) groups excluding carboxylic acids is 2. The summed E-state index contributed by atoms with van der Waals surface area (Å²) in [5, 5.41) is 0. The smallest absolute Gasteiger partial charge is 0.198 e. The Morgan fingerprint density at radius 3 is 2.19 bits per heavy atom. The normalized spacial score (nSPS) is 17.8. The monoisotopic (exact) mass is 278 g/mol. The van der Waals surface area contributed by atoms with Crippen LogP contribution in [0, 0.1) is 0 Å². The van der Waals surface area contributed by atoms with Crippen LogP contribution in [-0.2, 0) is 4.74 Å². The van der Waals surface area contributed by atoms with E-state index in [1.54, 1.807) is 49.4 Å². The van der Waals surface area contributed by atoms with Crippen LogP contribution in [0.15, 0.2) is 71.2 Å². The highest BCUT2D eigenvalue weighted by Crippen LogP contribution is 2.31. The highest BCUT2D eigenvalue weighted by atomic mass is 16.5. The summed E-state index contributed by atoms with van der Waals surface area (Å²) in [6.45, 7) is 3.68. The molecule has 0 amide bonds. The molecule has 0 saturated carbocycles. The number of allylic oxidation sites excluding steroid dienone is 7. The number of hydrogen-bond donors (Lipinski definition) is 0. The highest BCUT2D eigenvalue weighted by molar-refractivity contribution is 6.40. The molecule has 0 atom stereocenters. The third kappa shape index (κ3) is 2.17. The number of Topliss-reactive ketones (excluding diaryl/α,β-unsaturated/α-hetero) is 2. The van der Waals surface area contributed by atoms with Crippen molar-refractivity contribution >= 4 is 11.6 Å². The topological polar surface area (TPSA) is 43.4 Å². The first-order valence-corrected chi connectivity index (χ1v) is 6.75. The molecule has 0 radical (unpaired) electrons. The number of ketones is 2. The van der Waals surface area contributed by atoms with Gasteiger partial charge in [0, 0.05) is 11.1 Å². The van der Waals surface area contributed by atoms with Crippen molar-refractivity contribution in [1.82, 2.24) is 0 Å². The van der Waals surface area contributed by atoms with E-state index in [0.29, 0.717) is 28.2 Å². The zero-order valence-electron chi connectivity index (χ0n) is 11.8. The third-order valence-corrected chi connectivity index (χ3v) is 3.43. The lowest BCUT2D eigenvalue weighted by Crippen LogP contribution is -2.07. The molecule has 0 spiro atoms. The Kier molecular flexibility index (Phi) is 3.18. The van der Waals surface area contributed by atoms with Gasteiger partial charge in [-0.05, 0) is 37.6 Å². The van der Waals surface area contributed by atoms with E-state index in [1.807, 2.05) is 13.0 Å². The Labute approximate surface area is 122 Å². The number of rotatable bonds is 1. The first-order valence-electron chi connectivity index (χ1n) is 6.75.